The van der Waals surface area contributed by atoms with Crippen molar-refractivity contribution < 1.29 is 14.3 Å². The van der Waals surface area contributed by atoms with E-state index < -0.39 is 0 Å². The first-order valence-corrected chi connectivity index (χ1v) is 9.53. The summed E-state index contributed by atoms with van der Waals surface area (Å²) in [6, 6.07) is 0. The molecule has 6 heteroatoms. The van der Waals surface area contributed by atoms with Crippen LogP contribution in [-0.2, 0) is 20.7 Å². The van der Waals surface area contributed by atoms with Gasteiger partial charge >= 0.3 is 0 Å². The third kappa shape index (κ3) is 3.91. The SMILES string of the molecule is CC(C)C(=O)Cc1c[nH]c2ncc(C3=COC=C(CC4=CC=CCC4)O3)nc12. The van der Waals surface area contributed by atoms with Crippen LogP contribution in [-0.4, -0.2) is 20.7 Å². The normalized spacial score (nSPS) is 16.3. The summed E-state index contributed by atoms with van der Waals surface area (Å²) in [7, 11) is 0. The highest BCUT2D eigenvalue weighted by atomic mass is 16.5. The van der Waals surface area contributed by atoms with E-state index in [4.69, 9.17) is 9.47 Å². The number of hydrogen-bond donors (Lipinski definition) is 1. The molecule has 0 fully saturated rings. The molecule has 0 unspecified atom stereocenters. The smallest absolute Gasteiger partial charge is 0.189 e. The Hall–Kier alpha value is -3.15. The minimum absolute atomic E-state index is 0.0180. The largest absolute Gasteiger partial charge is 0.465 e. The summed E-state index contributed by atoms with van der Waals surface area (Å²) in [4.78, 5) is 24.3. The van der Waals surface area contributed by atoms with Gasteiger partial charge in [0.15, 0.2) is 11.4 Å². The fourth-order valence-corrected chi connectivity index (χ4v) is 3.16. The molecule has 0 radical (unpaired) electrons. The number of Topliss-reactive ketones (excluding diaryl/α,β-unsaturated/α-hetero) is 1. The summed E-state index contributed by atoms with van der Waals surface area (Å²) in [6.45, 7) is 3.80. The molecule has 28 heavy (non-hydrogen) atoms. The summed E-state index contributed by atoms with van der Waals surface area (Å²) in [5, 5.41) is 0. The van der Waals surface area contributed by atoms with Crippen LogP contribution in [0.5, 0.6) is 0 Å². The maximum absolute atomic E-state index is 12.1. The monoisotopic (exact) mass is 377 g/mol. The van der Waals surface area contributed by atoms with Crippen LogP contribution in [0.2, 0.25) is 0 Å². The lowest BCUT2D eigenvalue weighted by Crippen LogP contribution is -2.10. The number of rotatable bonds is 6. The lowest BCUT2D eigenvalue weighted by atomic mass is 10.0. The van der Waals surface area contributed by atoms with Gasteiger partial charge in [0.25, 0.3) is 0 Å². The molecule has 0 bridgehead atoms. The number of nitrogens with zero attached hydrogens (tertiary/aromatic N) is 2. The zero-order chi connectivity index (χ0) is 19.5. The Morgan fingerprint density at radius 1 is 1.32 bits per heavy atom. The number of fused-ring (bicyclic) bond motifs is 1. The number of hydrogen-bond acceptors (Lipinski definition) is 5. The van der Waals surface area contributed by atoms with Gasteiger partial charge in [-0.2, -0.15) is 0 Å². The number of carbonyl (C=O) groups is 1. The Morgan fingerprint density at radius 3 is 3.00 bits per heavy atom. The second-order valence-electron chi connectivity index (χ2n) is 7.34. The van der Waals surface area contributed by atoms with Crippen LogP contribution in [0.4, 0.5) is 0 Å². The summed E-state index contributed by atoms with van der Waals surface area (Å²) < 4.78 is 11.5. The molecule has 4 rings (SSSR count). The molecule has 0 saturated heterocycles. The zero-order valence-electron chi connectivity index (χ0n) is 16.1. The summed E-state index contributed by atoms with van der Waals surface area (Å²) in [6.07, 6.45) is 16.1. The number of aromatic nitrogens is 3. The highest BCUT2D eigenvalue weighted by Crippen LogP contribution is 2.29. The van der Waals surface area contributed by atoms with Crippen molar-refractivity contribution in [2.24, 2.45) is 5.92 Å². The highest BCUT2D eigenvalue weighted by Gasteiger charge is 2.18. The van der Waals surface area contributed by atoms with E-state index in [9.17, 15) is 4.79 Å². The molecule has 3 heterocycles. The van der Waals surface area contributed by atoms with Crippen molar-refractivity contribution in [1.29, 1.82) is 0 Å². The van der Waals surface area contributed by atoms with Gasteiger partial charge in [0.1, 0.15) is 35.3 Å². The Kier molecular flexibility index (Phi) is 5.10. The van der Waals surface area contributed by atoms with Crippen LogP contribution < -0.4 is 0 Å². The lowest BCUT2D eigenvalue weighted by Gasteiger charge is -2.18. The number of allylic oxidation sites excluding steroid dienone is 4. The van der Waals surface area contributed by atoms with Crippen molar-refractivity contribution in [2.75, 3.05) is 0 Å². The fraction of sp³-hybridized carbons (Fsp3) is 0.318. The van der Waals surface area contributed by atoms with Gasteiger partial charge in [-0.05, 0) is 12.8 Å². The Morgan fingerprint density at radius 2 is 2.21 bits per heavy atom. The van der Waals surface area contributed by atoms with Gasteiger partial charge in [-0.3, -0.25) is 4.79 Å². The standard InChI is InChI=1S/C22H23N3O3/c1-14(2)19(26)9-16-10-23-22-21(16)25-18(11-24-22)20-13-27-12-17(28-20)8-15-6-4-3-5-7-15/h3-4,6,10-14H,5,7-9H2,1-2H3,(H,23,24). The maximum atomic E-state index is 12.1. The molecule has 0 saturated carbocycles. The third-order valence-electron chi connectivity index (χ3n) is 4.84. The van der Waals surface area contributed by atoms with E-state index in [1.54, 1.807) is 18.7 Å². The molecule has 0 amide bonds. The molecule has 2 aromatic rings. The molecule has 1 N–H and O–H groups in total. The first-order chi connectivity index (χ1) is 13.6. The summed E-state index contributed by atoms with van der Waals surface area (Å²) >= 11 is 0. The van der Waals surface area contributed by atoms with Gasteiger partial charge in [-0.15, -0.1) is 0 Å². The molecule has 1 aliphatic carbocycles. The van der Waals surface area contributed by atoms with Crippen LogP contribution >= 0.6 is 0 Å². The van der Waals surface area contributed by atoms with Crippen LogP contribution in [0.1, 0.15) is 44.4 Å². The van der Waals surface area contributed by atoms with E-state index in [1.807, 2.05) is 13.8 Å². The molecule has 1 aliphatic heterocycles. The van der Waals surface area contributed by atoms with Gasteiger partial charge in [0.2, 0.25) is 0 Å². The van der Waals surface area contributed by atoms with Gasteiger partial charge in [-0.1, -0.05) is 37.6 Å². The molecule has 0 atom stereocenters. The molecule has 0 aromatic carbocycles. The molecule has 144 valence electrons. The van der Waals surface area contributed by atoms with Crippen LogP contribution in [0.25, 0.3) is 16.9 Å². The minimum Gasteiger partial charge on any atom is -0.465 e. The number of ketones is 1. The average molecular weight is 377 g/mol. The second-order valence-corrected chi connectivity index (χ2v) is 7.34. The fourth-order valence-electron chi connectivity index (χ4n) is 3.16. The van der Waals surface area contributed by atoms with E-state index in [2.05, 4.69) is 33.2 Å². The predicted molar refractivity (Wildman–Crippen MR) is 107 cm³/mol. The number of H-pyrrole nitrogens is 1. The van der Waals surface area contributed by atoms with Crippen LogP contribution in [0.15, 0.2) is 54.5 Å². The number of aromatic amines is 1. The van der Waals surface area contributed by atoms with Crippen molar-refractivity contribution in [1.82, 2.24) is 15.0 Å². The van der Waals surface area contributed by atoms with Crippen LogP contribution in [0, 0.1) is 5.92 Å². The van der Waals surface area contributed by atoms with Gasteiger partial charge < -0.3 is 14.5 Å². The molecular formula is C22H23N3O3. The molecule has 0 spiro atoms. The van der Waals surface area contributed by atoms with E-state index >= 15 is 0 Å². The topological polar surface area (TPSA) is 77.1 Å². The van der Waals surface area contributed by atoms with E-state index in [1.165, 1.54) is 11.8 Å². The Bertz CT molecular complexity index is 1020. The van der Waals surface area contributed by atoms with Gasteiger partial charge in [-0.25, -0.2) is 9.97 Å². The second kappa shape index (κ2) is 7.84. The number of ether oxygens (including phenoxy) is 2. The quantitative estimate of drug-likeness (QED) is 0.797. The first-order valence-electron chi connectivity index (χ1n) is 9.53. The lowest BCUT2D eigenvalue weighted by molar-refractivity contribution is -0.121. The van der Waals surface area contributed by atoms with Gasteiger partial charge in [0, 0.05) is 30.5 Å². The maximum Gasteiger partial charge on any atom is 0.189 e. The molecule has 2 aromatic heterocycles. The molecule has 2 aliphatic rings. The van der Waals surface area contributed by atoms with Crippen molar-refractivity contribution in [3.63, 3.8) is 0 Å². The van der Waals surface area contributed by atoms with Crippen LogP contribution in [0.3, 0.4) is 0 Å². The summed E-state index contributed by atoms with van der Waals surface area (Å²) in [5.41, 5.74) is 4.07. The van der Waals surface area contributed by atoms with E-state index in [0.29, 0.717) is 35.5 Å². The molecular weight excluding hydrogens is 354 g/mol. The average Bonchev–Trinajstić information content (AvgIpc) is 3.11. The summed E-state index contributed by atoms with van der Waals surface area (Å²) in [5.74, 6) is 1.41. The zero-order valence-corrected chi connectivity index (χ0v) is 16.1. The van der Waals surface area contributed by atoms with E-state index in [-0.39, 0.29) is 11.7 Å². The van der Waals surface area contributed by atoms with Crippen molar-refractivity contribution in [2.45, 2.75) is 39.5 Å². The van der Waals surface area contributed by atoms with Crippen molar-refractivity contribution >= 4 is 22.7 Å². The third-order valence-corrected chi connectivity index (χ3v) is 4.84. The Balaban J connectivity index is 1.53. The van der Waals surface area contributed by atoms with Crippen molar-refractivity contribution in [3.05, 3.63) is 65.7 Å². The number of carbonyl (C=O) groups excluding carboxylic acids is 1. The minimum atomic E-state index is -0.0180. The van der Waals surface area contributed by atoms with Gasteiger partial charge in [0.05, 0.1) is 6.20 Å². The number of nitrogens with one attached hydrogen (secondary N) is 1. The highest BCUT2D eigenvalue weighted by molar-refractivity contribution is 5.87. The molecule has 6 nitrogen and oxygen atoms in total. The predicted octanol–water partition coefficient (Wildman–Crippen LogP) is 4.58. The Labute approximate surface area is 163 Å². The first kappa shape index (κ1) is 18.2. The van der Waals surface area contributed by atoms with E-state index in [0.717, 1.165) is 24.2 Å². The van der Waals surface area contributed by atoms with Crippen molar-refractivity contribution in [3.8, 4) is 0 Å².